The van der Waals surface area contributed by atoms with Gasteiger partial charge in [0.15, 0.2) is 0 Å². The van der Waals surface area contributed by atoms with Crippen molar-refractivity contribution in [2.24, 2.45) is 0 Å². The van der Waals surface area contributed by atoms with Gasteiger partial charge in [0.25, 0.3) is 0 Å². The van der Waals surface area contributed by atoms with Crippen molar-refractivity contribution in [3.05, 3.63) is 33.1 Å². The summed E-state index contributed by atoms with van der Waals surface area (Å²) in [5.41, 5.74) is 7.06. The number of anilines is 2. The standard InChI is InChI=1S/C14H18ClN5S/c1-9(7-17-13-6-12(15)18-14(16)19-13)20-4-2-11-10(8-20)3-5-21-11/h3,5-6,9H,2,4,7-8H2,1H3,(H3,16,17,18,19)/t9-/m0/s1. The van der Waals surface area contributed by atoms with Crippen molar-refractivity contribution in [3.8, 4) is 0 Å². The number of hydrogen-bond acceptors (Lipinski definition) is 6. The second-order valence-corrected chi connectivity index (χ2v) is 6.64. The van der Waals surface area contributed by atoms with Crippen molar-refractivity contribution in [1.82, 2.24) is 14.9 Å². The number of hydrogen-bond donors (Lipinski definition) is 2. The van der Waals surface area contributed by atoms with E-state index in [-0.39, 0.29) is 5.95 Å². The molecule has 0 amide bonds. The van der Waals surface area contributed by atoms with Crippen LogP contribution < -0.4 is 11.1 Å². The van der Waals surface area contributed by atoms with E-state index in [4.69, 9.17) is 17.3 Å². The van der Waals surface area contributed by atoms with Crippen LogP contribution in [-0.4, -0.2) is 34.0 Å². The van der Waals surface area contributed by atoms with Crippen LogP contribution in [0.3, 0.4) is 0 Å². The highest BCUT2D eigenvalue weighted by atomic mass is 35.5. The Morgan fingerprint density at radius 3 is 3.19 bits per heavy atom. The molecule has 3 N–H and O–H groups in total. The molecular weight excluding hydrogens is 306 g/mol. The van der Waals surface area contributed by atoms with Crippen LogP contribution >= 0.6 is 22.9 Å². The second-order valence-electron chi connectivity index (χ2n) is 5.25. The molecule has 3 rings (SSSR count). The van der Waals surface area contributed by atoms with Crippen LogP contribution in [0.5, 0.6) is 0 Å². The zero-order valence-corrected chi connectivity index (χ0v) is 13.4. The molecule has 0 bridgehead atoms. The number of fused-ring (bicyclic) bond motifs is 1. The number of nitrogens with zero attached hydrogens (tertiary/aromatic N) is 3. The minimum atomic E-state index is 0.193. The van der Waals surface area contributed by atoms with E-state index in [2.05, 4.69) is 38.6 Å². The van der Waals surface area contributed by atoms with Gasteiger partial charge in [0.1, 0.15) is 11.0 Å². The van der Waals surface area contributed by atoms with Gasteiger partial charge in [-0.25, -0.2) is 4.98 Å². The van der Waals surface area contributed by atoms with Crippen molar-refractivity contribution >= 4 is 34.7 Å². The van der Waals surface area contributed by atoms with Crippen molar-refractivity contribution in [3.63, 3.8) is 0 Å². The third-order valence-corrected chi connectivity index (χ3v) is 4.97. The first-order valence-electron chi connectivity index (χ1n) is 6.95. The molecule has 0 unspecified atom stereocenters. The monoisotopic (exact) mass is 323 g/mol. The molecule has 7 heteroatoms. The highest BCUT2D eigenvalue weighted by Crippen LogP contribution is 2.25. The average Bonchev–Trinajstić information content (AvgIpc) is 2.91. The molecule has 0 saturated carbocycles. The third-order valence-electron chi connectivity index (χ3n) is 3.75. The van der Waals surface area contributed by atoms with Gasteiger partial charge in [-0.1, -0.05) is 11.6 Å². The molecule has 2 aromatic rings. The Hall–Kier alpha value is -1.37. The summed E-state index contributed by atoms with van der Waals surface area (Å²) in [5.74, 6) is 0.867. The average molecular weight is 324 g/mol. The van der Waals surface area contributed by atoms with Crippen molar-refractivity contribution < 1.29 is 0 Å². The number of nitrogen functional groups attached to an aromatic ring is 1. The fourth-order valence-electron chi connectivity index (χ4n) is 2.55. The van der Waals surface area contributed by atoms with E-state index in [0.717, 1.165) is 26.1 Å². The first-order chi connectivity index (χ1) is 10.1. The first kappa shape index (κ1) is 14.6. The number of nitrogens with one attached hydrogen (secondary N) is 1. The molecule has 0 saturated heterocycles. The van der Waals surface area contributed by atoms with E-state index in [9.17, 15) is 0 Å². The van der Waals surface area contributed by atoms with E-state index in [1.54, 1.807) is 6.07 Å². The van der Waals surface area contributed by atoms with Crippen molar-refractivity contribution in [2.75, 3.05) is 24.1 Å². The van der Waals surface area contributed by atoms with E-state index in [0.29, 0.717) is 17.0 Å². The van der Waals surface area contributed by atoms with Crippen LogP contribution in [0.25, 0.3) is 0 Å². The maximum absolute atomic E-state index is 5.88. The maximum Gasteiger partial charge on any atom is 0.223 e. The topological polar surface area (TPSA) is 67.1 Å². The summed E-state index contributed by atoms with van der Waals surface area (Å²) in [5, 5.41) is 5.83. The lowest BCUT2D eigenvalue weighted by Crippen LogP contribution is -2.40. The molecule has 0 spiro atoms. The Labute approximate surface area is 133 Å². The summed E-state index contributed by atoms with van der Waals surface area (Å²) >= 11 is 7.74. The van der Waals surface area contributed by atoms with E-state index in [1.807, 2.05) is 11.3 Å². The second kappa shape index (κ2) is 6.17. The molecule has 1 aliphatic rings. The molecule has 3 heterocycles. The van der Waals surface area contributed by atoms with E-state index >= 15 is 0 Å². The molecule has 0 aliphatic carbocycles. The number of thiophene rings is 1. The first-order valence-corrected chi connectivity index (χ1v) is 8.21. The van der Waals surface area contributed by atoms with Gasteiger partial charge < -0.3 is 11.1 Å². The summed E-state index contributed by atoms with van der Waals surface area (Å²) < 4.78 is 0. The molecule has 0 fully saturated rings. The zero-order valence-electron chi connectivity index (χ0n) is 11.8. The van der Waals surface area contributed by atoms with Gasteiger partial charge in [0.2, 0.25) is 5.95 Å². The Balaban J connectivity index is 1.58. The van der Waals surface area contributed by atoms with E-state index < -0.39 is 0 Å². The van der Waals surface area contributed by atoms with Gasteiger partial charge in [-0.15, -0.1) is 11.3 Å². The Morgan fingerprint density at radius 1 is 1.52 bits per heavy atom. The smallest absolute Gasteiger partial charge is 0.223 e. The predicted octanol–water partition coefficient (Wildman–Crippen LogP) is 2.63. The normalized spacial score (nSPS) is 16.5. The lowest BCUT2D eigenvalue weighted by Gasteiger charge is -2.32. The van der Waals surface area contributed by atoms with Gasteiger partial charge in [-0.3, -0.25) is 4.90 Å². The molecule has 0 aromatic carbocycles. The fraction of sp³-hybridized carbons (Fsp3) is 0.429. The van der Waals surface area contributed by atoms with Crippen LogP contribution in [0.1, 0.15) is 17.4 Å². The largest absolute Gasteiger partial charge is 0.368 e. The molecule has 5 nitrogen and oxygen atoms in total. The van der Waals surface area contributed by atoms with Gasteiger partial charge in [-0.2, -0.15) is 4.98 Å². The zero-order chi connectivity index (χ0) is 14.8. The van der Waals surface area contributed by atoms with Crippen LogP contribution in [-0.2, 0) is 13.0 Å². The molecule has 1 atom stereocenters. The Kier molecular flexibility index (Phi) is 4.28. The lowest BCUT2D eigenvalue weighted by molar-refractivity contribution is 0.200. The third kappa shape index (κ3) is 3.45. The van der Waals surface area contributed by atoms with Crippen LogP contribution in [0.15, 0.2) is 17.5 Å². The van der Waals surface area contributed by atoms with Crippen LogP contribution in [0, 0.1) is 0 Å². The van der Waals surface area contributed by atoms with Crippen LogP contribution in [0.2, 0.25) is 5.15 Å². The summed E-state index contributed by atoms with van der Waals surface area (Å²) in [4.78, 5) is 12.0. The number of halogens is 1. The number of aromatic nitrogens is 2. The van der Waals surface area contributed by atoms with Gasteiger partial charge in [0.05, 0.1) is 0 Å². The fourth-order valence-corrected chi connectivity index (χ4v) is 3.63. The molecule has 2 aromatic heterocycles. The Morgan fingerprint density at radius 2 is 2.38 bits per heavy atom. The SMILES string of the molecule is C[C@@H](CNc1cc(Cl)nc(N)n1)N1CCc2sccc2C1. The van der Waals surface area contributed by atoms with Crippen LogP contribution in [0.4, 0.5) is 11.8 Å². The predicted molar refractivity (Wildman–Crippen MR) is 87.8 cm³/mol. The Bertz CT molecular complexity index is 609. The summed E-state index contributed by atoms with van der Waals surface area (Å²) in [6.07, 6.45) is 1.14. The molecule has 1 aliphatic heterocycles. The minimum Gasteiger partial charge on any atom is -0.368 e. The lowest BCUT2D eigenvalue weighted by atomic mass is 10.1. The van der Waals surface area contributed by atoms with Gasteiger partial charge in [0, 0.05) is 36.6 Å². The van der Waals surface area contributed by atoms with Gasteiger partial charge in [-0.05, 0) is 30.4 Å². The quantitative estimate of drug-likeness (QED) is 0.847. The molecular formula is C14H18ClN5S. The van der Waals surface area contributed by atoms with Crippen molar-refractivity contribution in [2.45, 2.75) is 25.9 Å². The number of rotatable bonds is 4. The summed E-state index contributed by atoms with van der Waals surface area (Å²) in [6.45, 7) is 5.14. The highest BCUT2D eigenvalue weighted by Gasteiger charge is 2.21. The maximum atomic E-state index is 5.88. The van der Waals surface area contributed by atoms with Crippen molar-refractivity contribution in [1.29, 1.82) is 0 Å². The van der Waals surface area contributed by atoms with E-state index in [1.165, 1.54) is 10.4 Å². The highest BCUT2D eigenvalue weighted by molar-refractivity contribution is 7.10. The van der Waals surface area contributed by atoms with Gasteiger partial charge >= 0.3 is 0 Å². The molecule has 21 heavy (non-hydrogen) atoms. The summed E-state index contributed by atoms with van der Waals surface area (Å²) in [6, 6.07) is 4.34. The molecule has 0 radical (unpaired) electrons. The number of nitrogens with two attached hydrogens (primary N) is 1. The summed E-state index contributed by atoms with van der Waals surface area (Å²) in [7, 11) is 0. The molecule has 112 valence electrons. The minimum absolute atomic E-state index is 0.193.